The predicted molar refractivity (Wildman–Crippen MR) is 315 cm³/mol. The minimum Gasteiger partial charge on any atom is -0.396 e. The number of likely N-dealkylation sites (tertiary alicyclic amines) is 1. The number of piperidine rings is 1. The van der Waals surface area contributed by atoms with Crippen LogP contribution >= 0.6 is 11.6 Å². The molecule has 0 radical (unpaired) electrons. The molecule has 1 aliphatic carbocycles. The van der Waals surface area contributed by atoms with Crippen molar-refractivity contribution in [3.05, 3.63) is 154 Å². The quantitative estimate of drug-likeness (QED) is 0.0475. The molecule has 10 nitrogen and oxygen atoms in total. The molecule has 0 bridgehead atoms. The minimum atomic E-state index is -0.587. The number of aromatic nitrogens is 2. The van der Waals surface area contributed by atoms with Crippen LogP contribution in [-0.2, 0) is 31.1 Å². The maximum absolute atomic E-state index is 15.9. The van der Waals surface area contributed by atoms with Gasteiger partial charge in [-0.15, -0.1) is 6.54 Å². The van der Waals surface area contributed by atoms with Gasteiger partial charge in [-0.3, -0.25) is 9.48 Å². The van der Waals surface area contributed by atoms with Crippen molar-refractivity contribution in [2.75, 3.05) is 57.8 Å². The van der Waals surface area contributed by atoms with Crippen LogP contribution in [0.4, 0.5) is 23.4 Å². The second-order valence-corrected chi connectivity index (χ2v) is 20.6. The standard InChI is InChI=1S/C32H45F2N6O.C28H30ClF2NO.C2H6.CH5N.Cm/c1-5-16-38(25-14-18-39(19-15-25)32(41)24-10-7-6-8-11-24)17-9-12-26-28(33)21-27-30(29(26)34)37(4)36-31(27)40-20-13-22(2)35-23(40)3;1-3-20-11-12-21(10-7-15-33)28(31)25(20)26-24(18(2)13-14-32)22(17-23(30)27(26)29)16-19-8-5-4-6-9-19;2*1-2;/h5,21,24-25,35H,2-3,6-20H2,1,4H3;3-6,8-9,11-12,17-18,33H,1,7,10,13-16,32H2,2H3;1-2H3;2H2,1H3;/q-1;;;;/t;18-;;;/m.1.../s1. The Morgan fingerprint density at radius 2 is 1.62 bits per heavy atom. The summed E-state index contributed by atoms with van der Waals surface area (Å²) in [6.07, 6.45) is 14.8. The van der Waals surface area contributed by atoms with Gasteiger partial charge in [0.05, 0.1) is 10.4 Å². The molecule has 2 aliphatic heterocycles. The number of aliphatic hydroxyl groups excluding tert-OH is 1. The molecule has 4 aromatic carbocycles. The molecule has 1 amide bonds. The molecule has 1 atom stereocenters. The summed E-state index contributed by atoms with van der Waals surface area (Å²) in [6, 6.07) is 16.5. The van der Waals surface area contributed by atoms with Crippen molar-refractivity contribution in [3.63, 3.8) is 0 Å². The molecule has 3 aliphatic rings. The SMILES string of the molecule is C=C1CCN(c2nn(C)c3c(F)c(CCCN(C[CH-]C)C4CCN(C(=O)C5CCCCC5)CC4)c(F)cc23)C(=C)N1.C=Cc1ccc(CCCO)c(F)c1-c1c(Cl)c(F)cc(Cc2ccccc2)c1[C@H](C)CCN.CC.CN.[Cm]. The van der Waals surface area contributed by atoms with E-state index in [1.807, 2.05) is 62.9 Å². The monoisotopic (exact) mass is 1340 g/mol. The number of amides is 1. The van der Waals surface area contributed by atoms with E-state index in [1.165, 1.54) is 43.1 Å². The van der Waals surface area contributed by atoms with Crippen molar-refractivity contribution >= 4 is 40.3 Å². The maximum atomic E-state index is 15.9. The number of hydrogen-bond donors (Lipinski definition) is 4. The van der Waals surface area contributed by atoms with E-state index in [-0.39, 0.29) is 34.6 Å². The van der Waals surface area contributed by atoms with E-state index < -0.39 is 23.3 Å². The summed E-state index contributed by atoms with van der Waals surface area (Å²) in [5.74, 6) is -0.525. The third kappa shape index (κ3) is 15.9. The molecule has 1 aromatic heterocycles. The number of hydrogen-bond acceptors (Lipinski definition) is 8. The number of carbonyl (C=O) groups is 1. The number of anilines is 1. The first-order valence-electron chi connectivity index (χ1n) is 28.1. The summed E-state index contributed by atoms with van der Waals surface area (Å²) in [7, 11) is 3.19. The fourth-order valence-corrected chi connectivity index (χ4v) is 11.6. The summed E-state index contributed by atoms with van der Waals surface area (Å²) in [5, 5.41) is 17.2. The number of carbonyl (C=O) groups excluding carboxylic acids is 1. The Morgan fingerprint density at radius 1 is 0.937 bits per heavy atom. The number of aliphatic hydroxyl groups is 1. The van der Waals surface area contributed by atoms with E-state index in [0.717, 1.165) is 74.2 Å². The Labute approximate surface area is 467 Å². The van der Waals surface area contributed by atoms with Gasteiger partial charge < -0.3 is 43.0 Å². The molecule has 3 heterocycles. The average Bonchev–Trinajstić information content (AvgIpc) is 4.09. The number of aryl methyl sites for hydroxylation is 2. The van der Waals surface area contributed by atoms with Gasteiger partial charge in [0.25, 0.3) is 0 Å². The van der Waals surface area contributed by atoms with Gasteiger partial charge in [0.2, 0.25) is 5.91 Å². The van der Waals surface area contributed by atoms with Crippen LogP contribution in [0.3, 0.4) is 0 Å². The van der Waals surface area contributed by atoms with E-state index in [0.29, 0.717) is 109 Å². The number of benzene rings is 4. The molecule has 0 unspecified atom stereocenters. The zero-order chi connectivity index (χ0) is 57.1. The van der Waals surface area contributed by atoms with Crippen LogP contribution in [0, 0.1) is 35.6 Å². The van der Waals surface area contributed by atoms with Crippen LogP contribution in [0.25, 0.3) is 28.1 Å². The minimum absolute atomic E-state index is 0. The number of halogens is 5. The number of nitrogens with two attached hydrogens (primary N) is 2. The van der Waals surface area contributed by atoms with Crippen molar-refractivity contribution in [2.24, 2.45) is 24.4 Å². The van der Waals surface area contributed by atoms with Crippen LogP contribution in [-0.4, -0.2) is 89.6 Å². The van der Waals surface area contributed by atoms with E-state index in [1.54, 1.807) is 25.3 Å². The molecule has 79 heavy (non-hydrogen) atoms. The zero-order valence-corrected chi connectivity index (χ0v) is 51.2. The Bertz CT molecular complexity index is 2780. The number of fused-ring (bicyclic) bond motifs is 1. The molecular weight excluding hydrogens is 1260 g/mol. The molecule has 434 valence electrons. The molecule has 5 aromatic rings. The van der Waals surface area contributed by atoms with E-state index in [2.05, 4.69) is 52.1 Å². The van der Waals surface area contributed by atoms with Crippen LogP contribution in [0.2, 0.25) is 5.02 Å². The first kappa shape index (κ1) is 65.0. The average molecular weight is 1350 g/mol. The Morgan fingerprint density at radius 3 is 2.24 bits per heavy atom. The van der Waals surface area contributed by atoms with Crippen molar-refractivity contribution < 1.29 is 27.5 Å². The Kier molecular flexibility index (Phi) is 26.3. The predicted octanol–water partition coefficient (Wildman–Crippen LogP) is 13.2. The molecule has 6 N–H and O–H groups in total. The van der Waals surface area contributed by atoms with Gasteiger partial charge in [0.15, 0.2) is 11.6 Å². The zero-order valence-electron chi connectivity index (χ0n) is 47.5. The number of rotatable bonds is 19. The summed E-state index contributed by atoms with van der Waals surface area (Å²) < 4.78 is 63.8. The van der Waals surface area contributed by atoms with Crippen LogP contribution < -0.4 is 21.7 Å². The maximum Gasteiger partial charge on any atom is 0.225 e. The molecule has 1 saturated carbocycles. The molecule has 0 spiro atoms. The van der Waals surface area contributed by atoms with Gasteiger partial charge in [0.1, 0.15) is 28.8 Å². The molecule has 3 fully saturated rings. The largest absolute Gasteiger partial charge is 0.396 e. The van der Waals surface area contributed by atoms with Crippen LogP contribution in [0.15, 0.2) is 85.9 Å². The number of nitrogens with zero attached hydrogens (tertiary/aromatic N) is 5. The van der Waals surface area contributed by atoms with E-state index >= 15 is 17.6 Å². The summed E-state index contributed by atoms with van der Waals surface area (Å²) >= 11 is 6.56. The summed E-state index contributed by atoms with van der Waals surface area (Å²) in [6.45, 7) is 24.1. The van der Waals surface area contributed by atoms with E-state index in [4.69, 9.17) is 17.3 Å². The van der Waals surface area contributed by atoms with E-state index in [9.17, 15) is 9.90 Å². The molecular formula is C63H86ClCmF4N8O2-. The number of nitrogens with one attached hydrogen (secondary N) is 1. The first-order chi connectivity index (χ1) is 37.7. The Balaban J connectivity index is 0.000000323. The first-order valence-corrected chi connectivity index (χ1v) is 28.5. The van der Waals surface area contributed by atoms with Gasteiger partial charge in [-0.1, -0.05) is 120 Å². The fourth-order valence-electron chi connectivity index (χ4n) is 11.3. The molecule has 2 saturated heterocycles. The van der Waals surface area contributed by atoms with Gasteiger partial charge in [-0.2, -0.15) is 12.0 Å². The van der Waals surface area contributed by atoms with Gasteiger partial charge in [-0.05, 0) is 130 Å². The normalized spacial score (nSPS) is 15.3. The van der Waals surface area contributed by atoms with Crippen LogP contribution in [0.5, 0.6) is 0 Å². The second-order valence-electron chi connectivity index (χ2n) is 20.3. The smallest absolute Gasteiger partial charge is 0.225 e. The molecule has 8 rings (SSSR count). The topological polar surface area (TPSA) is 129 Å². The van der Waals surface area contributed by atoms with Crippen LogP contribution in [0.1, 0.15) is 138 Å². The third-order valence-electron chi connectivity index (χ3n) is 15.2. The third-order valence-corrected chi connectivity index (χ3v) is 15.5. The second kappa shape index (κ2) is 31.9. The fraction of sp³-hybridized carbons (Fsp3) is 0.476. The van der Waals surface area contributed by atoms with Gasteiger partial charge in [-0.25, -0.2) is 17.6 Å². The van der Waals surface area contributed by atoms with Gasteiger partial charge >= 0.3 is 0 Å². The van der Waals surface area contributed by atoms with Crippen molar-refractivity contribution in [1.29, 1.82) is 0 Å². The van der Waals surface area contributed by atoms with Crippen molar-refractivity contribution in [3.8, 4) is 11.1 Å². The Hall–Kier alpha value is -6.51. The summed E-state index contributed by atoms with van der Waals surface area (Å²) in [4.78, 5) is 19.3. The molecule has 16 heteroatoms. The van der Waals surface area contributed by atoms with Gasteiger partial charge in [0, 0.05) is 74.1 Å². The van der Waals surface area contributed by atoms with Crippen molar-refractivity contribution in [1.82, 2.24) is 24.9 Å². The van der Waals surface area contributed by atoms with Crippen molar-refractivity contribution in [2.45, 2.75) is 130 Å². The summed E-state index contributed by atoms with van der Waals surface area (Å²) in [5.41, 5.74) is 15.8.